The predicted molar refractivity (Wildman–Crippen MR) is 76.5 cm³/mol. The summed E-state index contributed by atoms with van der Waals surface area (Å²) in [5.74, 6) is 2.19. The molecule has 19 heavy (non-hydrogen) atoms. The number of methoxy groups -OCH3 is 1. The van der Waals surface area contributed by atoms with Crippen molar-refractivity contribution < 1.29 is 9.26 Å². The van der Waals surface area contributed by atoms with Crippen LogP contribution in [0.5, 0.6) is 5.75 Å². The summed E-state index contributed by atoms with van der Waals surface area (Å²) in [5.41, 5.74) is 7.55. The van der Waals surface area contributed by atoms with Crippen LogP contribution < -0.4 is 10.5 Å². The largest absolute Gasteiger partial charge is 0.496 e. The highest BCUT2D eigenvalue weighted by Gasteiger charge is 2.20. The number of hydrogen-bond donors (Lipinski definition) is 1. The number of nitrogens with two attached hydrogens (primary N) is 1. The van der Waals surface area contributed by atoms with E-state index in [-0.39, 0.29) is 0 Å². The van der Waals surface area contributed by atoms with Crippen LogP contribution >= 0.6 is 11.6 Å². The number of ether oxygens (including phenoxy) is 1. The van der Waals surface area contributed by atoms with Gasteiger partial charge in [-0.3, -0.25) is 0 Å². The van der Waals surface area contributed by atoms with Crippen LogP contribution in [0, 0.1) is 5.92 Å². The zero-order valence-electron chi connectivity index (χ0n) is 11.2. The van der Waals surface area contributed by atoms with E-state index in [0.717, 1.165) is 17.5 Å². The van der Waals surface area contributed by atoms with Gasteiger partial charge in [-0.2, -0.15) is 0 Å². The molecule has 0 aliphatic heterocycles. The first-order valence-corrected chi connectivity index (χ1v) is 6.48. The van der Waals surface area contributed by atoms with Gasteiger partial charge in [0.1, 0.15) is 5.75 Å². The molecule has 2 N–H and O–H groups in total. The number of nitrogen functional groups attached to an aromatic ring is 1. The van der Waals surface area contributed by atoms with E-state index < -0.39 is 0 Å². The standard InChI is InChI=1S/C14H17ClN2O2/c1-8(2)6-11-13(19-17-14(11)16)10-7-9(15)4-5-12(10)18-3/h4-5,7-8H,6H2,1-3H3,(H2,16,17). The minimum atomic E-state index is 0.422. The van der Waals surface area contributed by atoms with Crippen molar-refractivity contribution in [2.45, 2.75) is 20.3 Å². The van der Waals surface area contributed by atoms with Crippen LogP contribution in [0.1, 0.15) is 19.4 Å². The van der Waals surface area contributed by atoms with Crippen LogP contribution in [-0.4, -0.2) is 12.3 Å². The molecule has 2 aromatic rings. The van der Waals surface area contributed by atoms with Crippen molar-refractivity contribution in [1.82, 2.24) is 5.16 Å². The zero-order chi connectivity index (χ0) is 14.0. The third-order valence-corrected chi connectivity index (χ3v) is 3.07. The fourth-order valence-electron chi connectivity index (χ4n) is 2.00. The molecule has 0 radical (unpaired) electrons. The second-order valence-corrected chi connectivity index (χ2v) is 5.25. The molecule has 0 unspecified atom stereocenters. The molecule has 0 fully saturated rings. The van der Waals surface area contributed by atoms with Crippen LogP contribution in [0.2, 0.25) is 5.02 Å². The SMILES string of the molecule is COc1ccc(Cl)cc1-c1onc(N)c1CC(C)C. The molecule has 0 saturated heterocycles. The Hall–Kier alpha value is -1.68. The Morgan fingerprint density at radius 1 is 1.42 bits per heavy atom. The van der Waals surface area contributed by atoms with Gasteiger partial charge in [0.15, 0.2) is 11.6 Å². The molecular formula is C14H17ClN2O2. The monoisotopic (exact) mass is 280 g/mol. The summed E-state index contributed by atoms with van der Waals surface area (Å²) in [7, 11) is 1.61. The van der Waals surface area contributed by atoms with Crippen molar-refractivity contribution >= 4 is 17.4 Å². The number of rotatable bonds is 4. The van der Waals surface area contributed by atoms with E-state index in [1.165, 1.54) is 0 Å². The molecule has 0 amide bonds. The molecule has 0 saturated carbocycles. The molecule has 102 valence electrons. The Labute approximate surface area is 117 Å². The molecule has 0 atom stereocenters. The Morgan fingerprint density at radius 3 is 2.79 bits per heavy atom. The smallest absolute Gasteiger partial charge is 0.176 e. The van der Waals surface area contributed by atoms with Gasteiger partial charge in [-0.05, 0) is 30.5 Å². The third-order valence-electron chi connectivity index (χ3n) is 2.84. The Morgan fingerprint density at radius 2 is 2.16 bits per heavy atom. The second kappa shape index (κ2) is 5.53. The summed E-state index contributed by atoms with van der Waals surface area (Å²) in [6, 6.07) is 5.37. The minimum absolute atomic E-state index is 0.422. The van der Waals surface area contributed by atoms with E-state index in [4.69, 9.17) is 26.6 Å². The lowest BCUT2D eigenvalue weighted by atomic mass is 9.99. The molecule has 0 aliphatic carbocycles. The van der Waals surface area contributed by atoms with Gasteiger partial charge in [0.2, 0.25) is 0 Å². The number of anilines is 1. The van der Waals surface area contributed by atoms with E-state index >= 15 is 0 Å². The molecule has 0 bridgehead atoms. The Kier molecular flexibility index (Phi) is 4.00. The van der Waals surface area contributed by atoms with Gasteiger partial charge in [-0.25, -0.2) is 0 Å². The molecule has 1 aromatic carbocycles. The lowest BCUT2D eigenvalue weighted by Gasteiger charge is -2.09. The Balaban J connectivity index is 2.55. The molecule has 1 heterocycles. The van der Waals surface area contributed by atoms with Crippen LogP contribution in [-0.2, 0) is 6.42 Å². The van der Waals surface area contributed by atoms with Gasteiger partial charge in [0, 0.05) is 10.6 Å². The van der Waals surface area contributed by atoms with Crippen molar-refractivity contribution in [3.63, 3.8) is 0 Å². The quantitative estimate of drug-likeness (QED) is 0.926. The molecule has 2 rings (SSSR count). The lowest BCUT2D eigenvalue weighted by Crippen LogP contribution is -1.99. The van der Waals surface area contributed by atoms with E-state index in [1.807, 2.05) is 0 Å². The van der Waals surface area contributed by atoms with Gasteiger partial charge in [0.05, 0.1) is 12.7 Å². The molecule has 5 heteroatoms. The van der Waals surface area contributed by atoms with Crippen molar-refractivity contribution in [2.24, 2.45) is 5.92 Å². The Bertz CT molecular complexity index is 579. The molecule has 4 nitrogen and oxygen atoms in total. The summed E-state index contributed by atoms with van der Waals surface area (Å²) in [6.45, 7) is 4.23. The van der Waals surface area contributed by atoms with E-state index in [0.29, 0.717) is 28.3 Å². The number of aromatic nitrogens is 1. The molecular weight excluding hydrogens is 264 g/mol. The maximum absolute atomic E-state index is 6.04. The summed E-state index contributed by atoms with van der Waals surface area (Å²) in [5, 5.41) is 4.47. The minimum Gasteiger partial charge on any atom is -0.496 e. The molecule has 0 spiro atoms. The van der Waals surface area contributed by atoms with E-state index in [9.17, 15) is 0 Å². The fraction of sp³-hybridized carbons (Fsp3) is 0.357. The molecule has 1 aromatic heterocycles. The molecule has 0 aliphatic rings. The predicted octanol–water partition coefficient (Wildman–Crippen LogP) is 3.78. The number of benzene rings is 1. The number of halogens is 1. The first-order valence-electron chi connectivity index (χ1n) is 6.10. The van der Waals surface area contributed by atoms with Crippen molar-refractivity contribution in [3.05, 3.63) is 28.8 Å². The average molecular weight is 281 g/mol. The average Bonchev–Trinajstić information content (AvgIpc) is 2.70. The van der Waals surface area contributed by atoms with Gasteiger partial charge in [0.25, 0.3) is 0 Å². The van der Waals surface area contributed by atoms with Gasteiger partial charge < -0.3 is 15.0 Å². The van der Waals surface area contributed by atoms with Crippen molar-refractivity contribution in [1.29, 1.82) is 0 Å². The van der Waals surface area contributed by atoms with Crippen LogP contribution in [0.25, 0.3) is 11.3 Å². The maximum atomic E-state index is 6.04. The van der Waals surface area contributed by atoms with Crippen LogP contribution in [0.3, 0.4) is 0 Å². The zero-order valence-corrected chi connectivity index (χ0v) is 12.0. The summed E-state index contributed by atoms with van der Waals surface area (Å²) < 4.78 is 10.7. The fourth-order valence-corrected chi connectivity index (χ4v) is 2.17. The number of hydrogen-bond acceptors (Lipinski definition) is 4. The van der Waals surface area contributed by atoms with Crippen LogP contribution in [0.15, 0.2) is 22.7 Å². The normalized spacial score (nSPS) is 11.0. The van der Waals surface area contributed by atoms with Gasteiger partial charge >= 0.3 is 0 Å². The first-order chi connectivity index (χ1) is 9.02. The highest BCUT2D eigenvalue weighted by Crippen LogP contribution is 2.37. The van der Waals surface area contributed by atoms with Crippen molar-refractivity contribution in [3.8, 4) is 17.1 Å². The third kappa shape index (κ3) is 2.84. The van der Waals surface area contributed by atoms with Crippen LogP contribution in [0.4, 0.5) is 5.82 Å². The maximum Gasteiger partial charge on any atom is 0.176 e. The first kappa shape index (κ1) is 13.7. The summed E-state index contributed by atoms with van der Waals surface area (Å²) >= 11 is 6.04. The summed E-state index contributed by atoms with van der Waals surface area (Å²) in [6.07, 6.45) is 0.792. The van der Waals surface area contributed by atoms with E-state index in [1.54, 1.807) is 25.3 Å². The highest BCUT2D eigenvalue weighted by atomic mass is 35.5. The van der Waals surface area contributed by atoms with Gasteiger partial charge in [-0.15, -0.1) is 0 Å². The van der Waals surface area contributed by atoms with E-state index in [2.05, 4.69) is 19.0 Å². The highest BCUT2D eigenvalue weighted by molar-refractivity contribution is 6.31. The van der Waals surface area contributed by atoms with Crippen molar-refractivity contribution in [2.75, 3.05) is 12.8 Å². The number of nitrogens with zero attached hydrogens (tertiary/aromatic N) is 1. The second-order valence-electron chi connectivity index (χ2n) is 4.82. The summed E-state index contributed by atoms with van der Waals surface area (Å²) in [4.78, 5) is 0. The lowest BCUT2D eigenvalue weighted by molar-refractivity contribution is 0.406. The van der Waals surface area contributed by atoms with Gasteiger partial charge in [-0.1, -0.05) is 30.6 Å². The topological polar surface area (TPSA) is 61.3 Å².